The molecule has 1 aliphatic rings. The molecule has 0 radical (unpaired) electrons. The van der Waals surface area contributed by atoms with E-state index in [2.05, 4.69) is 0 Å². The number of likely N-dealkylation sites (tertiary alicyclic amines) is 1. The molecule has 1 fully saturated rings. The standard InChI is InChI=1S/C20H25NO6/c1-24-10-11-26-13-14-6-8-21(9-7-14)19(22)16-12-15-4-3-5-17(25-2)18(15)27-20(16)23/h3-5,12,14H,6-11,13H2,1-2H3. The number of nitrogens with zero attached hydrogens (tertiary/aromatic N) is 1. The van der Waals surface area contributed by atoms with Gasteiger partial charge in [0.15, 0.2) is 11.3 Å². The maximum Gasteiger partial charge on any atom is 0.349 e. The van der Waals surface area contributed by atoms with Crippen molar-refractivity contribution in [1.29, 1.82) is 0 Å². The molecular weight excluding hydrogens is 350 g/mol. The molecule has 0 N–H and O–H groups in total. The van der Waals surface area contributed by atoms with Gasteiger partial charge in [0.1, 0.15) is 5.56 Å². The second-order valence-electron chi connectivity index (χ2n) is 6.63. The summed E-state index contributed by atoms with van der Waals surface area (Å²) in [6, 6.07) is 6.89. The van der Waals surface area contributed by atoms with Crippen LogP contribution in [0.2, 0.25) is 0 Å². The van der Waals surface area contributed by atoms with Gasteiger partial charge in [0, 0.05) is 32.2 Å². The third-order valence-electron chi connectivity index (χ3n) is 4.86. The van der Waals surface area contributed by atoms with Gasteiger partial charge in [0.05, 0.1) is 20.3 Å². The smallest absolute Gasteiger partial charge is 0.349 e. The van der Waals surface area contributed by atoms with Crippen LogP contribution in [0.15, 0.2) is 33.5 Å². The van der Waals surface area contributed by atoms with Crippen molar-refractivity contribution in [3.8, 4) is 5.75 Å². The number of piperidine rings is 1. The first kappa shape index (κ1) is 19.4. The maximum atomic E-state index is 12.8. The lowest BCUT2D eigenvalue weighted by molar-refractivity contribution is 0.0326. The zero-order valence-electron chi connectivity index (χ0n) is 15.7. The van der Waals surface area contributed by atoms with E-state index in [4.69, 9.17) is 18.6 Å². The summed E-state index contributed by atoms with van der Waals surface area (Å²) in [6.45, 7) is 3.04. The van der Waals surface area contributed by atoms with Gasteiger partial charge in [0.2, 0.25) is 0 Å². The molecule has 1 amide bonds. The Morgan fingerprint density at radius 3 is 2.70 bits per heavy atom. The number of methoxy groups -OCH3 is 2. The monoisotopic (exact) mass is 375 g/mol. The first-order valence-electron chi connectivity index (χ1n) is 9.11. The topological polar surface area (TPSA) is 78.2 Å². The van der Waals surface area contributed by atoms with E-state index in [-0.39, 0.29) is 11.5 Å². The highest BCUT2D eigenvalue weighted by molar-refractivity contribution is 5.97. The van der Waals surface area contributed by atoms with Gasteiger partial charge in [-0.2, -0.15) is 0 Å². The summed E-state index contributed by atoms with van der Waals surface area (Å²) < 4.78 is 21.1. The lowest BCUT2D eigenvalue weighted by atomic mass is 9.97. The highest BCUT2D eigenvalue weighted by atomic mass is 16.5. The molecule has 0 saturated carbocycles. The summed E-state index contributed by atoms with van der Waals surface area (Å²) in [5, 5.41) is 0.665. The van der Waals surface area contributed by atoms with Gasteiger partial charge in [0.25, 0.3) is 5.91 Å². The van der Waals surface area contributed by atoms with Crippen LogP contribution in [0.3, 0.4) is 0 Å². The molecule has 2 heterocycles. The van der Waals surface area contributed by atoms with E-state index >= 15 is 0 Å². The third-order valence-corrected chi connectivity index (χ3v) is 4.86. The summed E-state index contributed by atoms with van der Waals surface area (Å²) >= 11 is 0. The van der Waals surface area contributed by atoms with Crippen LogP contribution in [0, 0.1) is 5.92 Å². The van der Waals surface area contributed by atoms with Crippen LogP contribution < -0.4 is 10.4 Å². The molecule has 0 spiro atoms. The zero-order valence-corrected chi connectivity index (χ0v) is 15.7. The Bertz CT molecular complexity index is 838. The quantitative estimate of drug-likeness (QED) is 0.546. The minimum absolute atomic E-state index is 0.0607. The van der Waals surface area contributed by atoms with E-state index in [1.54, 1.807) is 36.3 Å². The van der Waals surface area contributed by atoms with Crippen LogP contribution in [0.1, 0.15) is 23.2 Å². The van der Waals surface area contributed by atoms with Crippen LogP contribution in [0.4, 0.5) is 0 Å². The summed E-state index contributed by atoms with van der Waals surface area (Å²) in [4.78, 5) is 26.9. The molecule has 1 aromatic carbocycles. The molecule has 1 aliphatic heterocycles. The molecule has 0 aliphatic carbocycles. The van der Waals surface area contributed by atoms with E-state index in [0.717, 1.165) is 12.8 Å². The van der Waals surface area contributed by atoms with Crippen molar-refractivity contribution in [2.45, 2.75) is 12.8 Å². The largest absolute Gasteiger partial charge is 0.493 e. The molecule has 0 bridgehead atoms. The Hall–Kier alpha value is -2.38. The summed E-state index contributed by atoms with van der Waals surface area (Å²) in [5.74, 6) is 0.605. The normalized spacial score (nSPS) is 15.3. The number of benzene rings is 1. The first-order chi connectivity index (χ1) is 13.1. The molecule has 3 rings (SSSR count). The maximum absolute atomic E-state index is 12.8. The number of carbonyl (C=O) groups excluding carboxylic acids is 1. The highest BCUT2D eigenvalue weighted by Gasteiger charge is 2.26. The summed E-state index contributed by atoms with van der Waals surface area (Å²) in [7, 11) is 3.16. The van der Waals surface area contributed by atoms with Crippen LogP contribution in [-0.2, 0) is 9.47 Å². The molecule has 1 aromatic heterocycles. The van der Waals surface area contributed by atoms with Crippen LogP contribution in [-0.4, -0.2) is 57.9 Å². The highest BCUT2D eigenvalue weighted by Crippen LogP contribution is 2.25. The van der Waals surface area contributed by atoms with Gasteiger partial charge >= 0.3 is 5.63 Å². The molecule has 0 unspecified atom stereocenters. The molecule has 2 aromatic rings. The van der Waals surface area contributed by atoms with E-state index in [9.17, 15) is 9.59 Å². The van der Waals surface area contributed by atoms with Crippen molar-refractivity contribution in [3.05, 3.63) is 40.2 Å². The Labute approximate surface area is 157 Å². The third kappa shape index (κ3) is 4.48. The molecule has 146 valence electrons. The summed E-state index contributed by atoms with van der Waals surface area (Å²) in [6.07, 6.45) is 1.71. The molecule has 1 saturated heterocycles. The summed E-state index contributed by atoms with van der Waals surface area (Å²) in [5.41, 5.74) is -0.221. The fraction of sp³-hybridized carbons (Fsp3) is 0.500. The Morgan fingerprint density at radius 2 is 2.00 bits per heavy atom. The van der Waals surface area contributed by atoms with Gasteiger partial charge < -0.3 is 23.5 Å². The number of hydrogen-bond donors (Lipinski definition) is 0. The minimum Gasteiger partial charge on any atom is -0.493 e. The van der Waals surface area contributed by atoms with Crippen LogP contribution in [0.25, 0.3) is 11.0 Å². The Morgan fingerprint density at radius 1 is 1.22 bits per heavy atom. The zero-order chi connectivity index (χ0) is 19.2. The predicted octanol–water partition coefficient (Wildman–Crippen LogP) is 2.32. The average Bonchev–Trinajstić information content (AvgIpc) is 2.70. The average molecular weight is 375 g/mol. The molecular formula is C20H25NO6. The first-order valence-corrected chi connectivity index (χ1v) is 9.11. The Balaban J connectivity index is 1.66. The number of hydrogen-bond acceptors (Lipinski definition) is 6. The molecule has 0 atom stereocenters. The fourth-order valence-corrected chi connectivity index (χ4v) is 3.29. The van der Waals surface area contributed by atoms with Gasteiger partial charge in [-0.1, -0.05) is 12.1 Å². The van der Waals surface area contributed by atoms with E-state index in [1.807, 2.05) is 0 Å². The predicted molar refractivity (Wildman–Crippen MR) is 100 cm³/mol. The van der Waals surface area contributed by atoms with Crippen molar-refractivity contribution in [2.24, 2.45) is 5.92 Å². The van der Waals surface area contributed by atoms with Crippen LogP contribution in [0.5, 0.6) is 5.75 Å². The van der Waals surface area contributed by atoms with Crippen LogP contribution >= 0.6 is 0 Å². The van der Waals surface area contributed by atoms with Gasteiger partial charge in [-0.05, 0) is 30.9 Å². The lowest BCUT2D eigenvalue weighted by Crippen LogP contribution is -2.41. The number of rotatable bonds is 7. The van der Waals surface area contributed by atoms with Crippen molar-refractivity contribution < 1.29 is 23.4 Å². The van der Waals surface area contributed by atoms with Gasteiger partial charge in [-0.15, -0.1) is 0 Å². The van der Waals surface area contributed by atoms with E-state index in [0.29, 0.717) is 55.5 Å². The number of amides is 1. The van der Waals surface area contributed by atoms with Crippen molar-refractivity contribution in [3.63, 3.8) is 0 Å². The number of para-hydroxylation sites is 1. The SMILES string of the molecule is COCCOCC1CCN(C(=O)c2cc3cccc(OC)c3oc2=O)CC1. The second kappa shape index (κ2) is 9.01. The van der Waals surface area contributed by atoms with Crippen molar-refractivity contribution >= 4 is 16.9 Å². The van der Waals surface area contributed by atoms with Gasteiger partial charge in [-0.3, -0.25) is 4.79 Å². The second-order valence-corrected chi connectivity index (χ2v) is 6.63. The number of carbonyl (C=O) groups is 1. The minimum atomic E-state index is -0.637. The fourth-order valence-electron chi connectivity index (χ4n) is 3.29. The van der Waals surface area contributed by atoms with E-state index < -0.39 is 5.63 Å². The Kier molecular flexibility index (Phi) is 6.47. The van der Waals surface area contributed by atoms with Crippen molar-refractivity contribution in [2.75, 3.05) is 47.1 Å². The molecule has 7 nitrogen and oxygen atoms in total. The van der Waals surface area contributed by atoms with Gasteiger partial charge in [-0.25, -0.2) is 4.79 Å². The molecule has 27 heavy (non-hydrogen) atoms. The number of fused-ring (bicyclic) bond motifs is 1. The lowest BCUT2D eigenvalue weighted by Gasteiger charge is -2.31. The molecule has 7 heteroatoms. The van der Waals surface area contributed by atoms with E-state index in [1.165, 1.54) is 7.11 Å². The van der Waals surface area contributed by atoms with Crippen molar-refractivity contribution in [1.82, 2.24) is 4.90 Å². The number of ether oxygens (including phenoxy) is 3.